The molecule has 0 bridgehead atoms. The molecule has 1 heterocycles. The molecule has 1 saturated heterocycles. The molecule has 1 aliphatic heterocycles. The van der Waals surface area contributed by atoms with E-state index in [-0.39, 0.29) is 30.6 Å². The number of hydrogen-bond donors (Lipinski definition) is 4. The van der Waals surface area contributed by atoms with Gasteiger partial charge in [0.1, 0.15) is 0 Å². The minimum Gasteiger partial charge on any atom is -0.394 e. The molecular formula is C13H26N2O3. The van der Waals surface area contributed by atoms with Crippen LogP contribution < -0.4 is 10.6 Å². The number of nitrogens with one attached hydrogen (secondary N) is 2. The molecule has 0 spiro atoms. The van der Waals surface area contributed by atoms with Gasteiger partial charge in [-0.05, 0) is 31.2 Å². The van der Waals surface area contributed by atoms with E-state index in [1.807, 2.05) is 6.92 Å². The lowest BCUT2D eigenvalue weighted by Gasteiger charge is -2.40. The minimum atomic E-state index is -0.910. The van der Waals surface area contributed by atoms with Gasteiger partial charge in [0.2, 0.25) is 5.91 Å². The summed E-state index contributed by atoms with van der Waals surface area (Å²) in [6.45, 7) is 6.30. The van der Waals surface area contributed by atoms with Crippen LogP contribution in [0.2, 0.25) is 0 Å². The zero-order valence-electron chi connectivity index (χ0n) is 11.6. The van der Waals surface area contributed by atoms with Crippen LogP contribution in [0.25, 0.3) is 0 Å². The Hall–Kier alpha value is -0.650. The number of carbonyl (C=O) groups excluding carboxylic acids is 1. The first-order valence-electron chi connectivity index (χ1n) is 6.68. The fourth-order valence-corrected chi connectivity index (χ4v) is 2.43. The monoisotopic (exact) mass is 258 g/mol. The SMILES string of the molecule is CCC(CO)(CO)NC(=O)C1NCCCC1(C)C. The first-order valence-corrected chi connectivity index (χ1v) is 6.68. The quantitative estimate of drug-likeness (QED) is 0.560. The van der Waals surface area contributed by atoms with Crippen molar-refractivity contribution in [1.29, 1.82) is 0 Å². The number of hydrogen-bond acceptors (Lipinski definition) is 4. The van der Waals surface area contributed by atoms with Gasteiger partial charge >= 0.3 is 0 Å². The van der Waals surface area contributed by atoms with Crippen molar-refractivity contribution in [2.75, 3.05) is 19.8 Å². The Morgan fingerprint density at radius 3 is 2.50 bits per heavy atom. The second-order valence-corrected chi connectivity index (χ2v) is 5.92. The molecule has 5 heteroatoms. The van der Waals surface area contributed by atoms with Crippen molar-refractivity contribution in [3.05, 3.63) is 0 Å². The number of aliphatic hydroxyl groups excluding tert-OH is 2. The average molecular weight is 258 g/mol. The molecule has 1 rings (SSSR count). The van der Waals surface area contributed by atoms with Crippen molar-refractivity contribution in [1.82, 2.24) is 10.6 Å². The summed E-state index contributed by atoms with van der Waals surface area (Å²) in [7, 11) is 0. The zero-order chi connectivity index (χ0) is 13.8. The van der Waals surface area contributed by atoms with Gasteiger partial charge in [-0.15, -0.1) is 0 Å². The molecule has 1 atom stereocenters. The summed E-state index contributed by atoms with van der Waals surface area (Å²) in [5.74, 6) is -0.135. The Morgan fingerprint density at radius 2 is 2.06 bits per heavy atom. The van der Waals surface area contributed by atoms with Gasteiger partial charge in [0.25, 0.3) is 0 Å². The van der Waals surface area contributed by atoms with Crippen LogP contribution in [-0.4, -0.2) is 47.5 Å². The van der Waals surface area contributed by atoms with E-state index in [0.29, 0.717) is 6.42 Å². The van der Waals surface area contributed by atoms with E-state index in [4.69, 9.17) is 0 Å². The lowest BCUT2D eigenvalue weighted by molar-refractivity contribution is -0.130. The summed E-state index contributed by atoms with van der Waals surface area (Å²) in [5.41, 5.74) is -1.01. The highest BCUT2D eigenvalue weighted by Crippen LogP contribution is 2.30. The minimum absolute atomic E-state index is 0.104. The fourth-order valence-electron chi connectivity index (χ4n) is 2.43. The van der Waals surface area contributed by atoms with Crippen LogP contribution in [0.4, 0.5) is 0 Å². The Labute approximate surface area is 109 Å². The summed E-state index contributed by atoms with van der Waals surface area (Å²) >= 11 is 0. The summed E-state index contributed by atoms with van der Waals surface area (Å²) < 4.78 is 0. The number of piperidine rings is 1. The molecule has 18 heavy (non-hydrogen) atoms. The lowest BCUT2D eigenvalue weighted by Crippen LogP contribution is -2.62. The van der Waals surface area contributed by atoms with Crippen LogP contribution in [0, 0.1) is 5.41 Å². The van der Waals surface area contributed by atoms with Gasteiger partial charge in [0.15, 0.2) is 0 Å². The second kappa shape index (κ2) is 5.99. The maximum absolute atomic E-state index is 12.3. The van der Waals surface area contributed by atoms with Crippen LogP contribution in [0.5, 0.6) is 0 Å². The maximum atomic E-state index is 12.3. The van der Waals surface area contributed by atoms with Gasteiger partial charge in [-0.25, -0.2) is 0 Å². The highest BCUT2D eigenvalue weighted by molar-refractivity contribution is 5.83. The normalized spacial score (nSPS) is 23.7. The van der Waals surface area contributed by atoms with E-state index >= 15 is 0 Å². The molecule has 4 N–H and O–H groups in total. The average Bonchev–Trinajstić information content (AvgIpc) is 2.35. The van der Waals surface area contributed by atoms with Crippen molar-refractivity contribution in [3.63, 3.8) is 0 Å². The fraction of sp³-hybridized carbons (Fsp3) is 0.923. The van der Waals surface area contributed by atoms with Crippen molar-refractivity contribution in [2.45, 2.75) is 51.6 Å². The molecule has 1 fully saturated rings. The number of aliphatic hydroxyl groups is 2. The first kappa shape index (κ1) is 15.4. The van der Waals surface area contributed by atoms with Crippen LogP contribution in [-0.2, 0) is 4.79 Å². The van der Waals surface area contributed by atoms with E-state index < -0.39 is 5.54 Å². The molecule has 0 saturated carbocycles. The van der Waals surface area contributed by atoms with Crippen molar-refractivity contribution >= 4 is 5.91 Å². The van der Waals surface area contributed by atoms with Crippen LogP contribution in [0.3, 0.4) is 0 Å². The zero-order valence-corrected chi connectivity index (χ0v) is 11.6. The van der Waals surface area contributed by atoms with Gasteiger partial charge in [-0.3, -0.25) is 4.79 Å². The molecule has 106 valence electrons. The molecule has 1 amide bonds. The third-order valence-corrected chi connectivity index (χ3v) is 4.06. The van der Waals surface area contributed by atoms with Gasteiger partial charge in [0.05, 0.1) is 24.8 Å². The Balaban J connectivity index is 2.74. The van der Waals surface area contributed by atoms with Crippen LogP contribution in [0.1, 0.15) is 40.0 Å². The van der Waals surface area contributed by atoms with Crippen molar-refractivity contribution in [2.24, 2.45) is 5.41 Å². The van der Waals surface area contributed by atoms with Gasteiger partial charge in [0, 0.05) is 0 Å². The summed E-state index contributed by atoms with van der Waals surface area (Å²) in [4.78, 5) is 12.3. The van der Waals surface area contributed by atoms with Gasteiger partial charge < -0.3 is 20.8 Å². The number of carbonyl (C=O) groups is 1. The molecule has 5 nitrogen and oxygen atoms in total. The number of rotatable bonds is 5. The van der Waals surface area contributed by atoms with Crippen molar-refractivity contribution in [3.8, 4) is 0 Å². The standard InChI is InChI=1S/C13H26N2O3/c1-4-13(8-16,9-17)15-11(18)10-12(2,3)6-5-7-14-10/h10,14,16-17H,4-9H2,1-3H3,(H,15,18). The predicted octanol–water partition coefficient (Wildman–Crippen LogP) is 0.0142. The van der Waals surface area contributed by atoms with E-state index in [0.717, 1.165) is 19.4 Å². The molecule has 0 aromatic carbocycles. The Kier molecular flexibility index (Phi) is 5.13. The van der Waals surface area contributed by atoms with Crippen molar-refractivity contribution < 1.29 is 15.0 Å². The van der Waals surface area contributed by atoms with E-state index in [2.05, 4.69) is 24.5 Å². The van der Waals surface area contributed by atoms with Gasteiger partial charge in [-0.2, -0.15) is 0 Å². The molecule has 0 aromatic rings. The van der Waals surface area contributed by atoms with E-state index in [1.54, 1.807) is 0 Å². The van der Waals surface area contributed by atoms with Crippen LogP contribution >= 0.6 is 0 Å². The van der Waals surface area contributed by atoms with E-state index in [1.165, 1.54) is 0 Å². The molecule has 1 aliphatic rings. The highest BCUT2D eigenvalue weighted by atomic mass is 16.3. The highest BCUT2D eigenvalue weighted by Gasteiger charge is 2.40. The molecule has 0 aromatic heterocycles. The summed E-state index contributed by atoms with van der Waals surface area (Å²) in [6, 6.07) is -0.268. The Bertz CT molecular complexity index is 280. The molecule has 0 radical (unpaired) electrons. The number of amides is 1. The summed E-state index contributed by atoms with van der Waals surface area (Å²) in [5, 5.41) is 24.7. The third-order valence-electron chi connectivity index (χ3n) is 4.06. The topological polar surface area (TPSA) is 81.6 Å². The largest absolute Gasteiger partial charge is 0.394 e. The second-order valence-electron chi connectivity index (χ2n) is 5.92. The third kappa shape index (κ3) is 3.22. The first-order chi connectivity index (χ1) is 8.40. The molecule has 0 aliphatic carbocycles. The van der Waals surface area contributed by atoms with Gasteiger partial charge in [-0.1, -0.05) is 20.8 Å². The maximum Gasteiger partial charge on any atom is 0.238 e. The molecule has 1 unspecified atom stereocenters. The Morgan fingerprint density at radius 1 is 1.44 bits per heavy atom. The van der Waals surface area contributed by atoms with Crippen LogP contribution in [0.15, 0.2) is 0 Å². The molecular weight excluding hydrogens is 232 g/mol. The summed E-state index contributed by atoms with van der Waals surface area (Å²) in [6.07, 6.45) is 2.56. The predicted molar refractivity (Wildman–Crippen MR) is 70.1 cm³/mol. The smallest absolute Gasteiger partial charge is 0.238 e. The lowest BCUT2D eigenvalue weighted by atomic mass is 9.77. The van der Waals surface area contributed by atoms with E-state index in [9.17, 15) is 15.0 Å².